The van der Waals surface area contributed by atoms with Crippen LogP contribution in [-0.4, -0.2) is 43.2 Å². The van der Waals surface area contributed by atoms with E-state index in [-0.39, 0.29) is 17.6 Å². The molecule has 3 rings (SSSR count). The van der Waals surface area contributed by atoms with Crippen LogP contribution in [0.5, 0.6) is 5.75 Å². The van der Waals surface area contributed by atoms with E-state index in [9.17, 15) is 13.6 Å². The van der Waals surface area contributed by atoms with Crippen LogP contribution in [0.4, 0.5) is 8.78 Å². The number of morpholine rings is 1. The van der Waals surface area contributed by atoms with Crippen molar-refractivity contribution in [2.75, 3.05) is 26.3 Å². The highest BCUT2D eigenvalue weighted by molar-refractivity contribution is 5.94. The highest BCUT2D eigenvalue weighted by Crippen LogP contribution is 2.16. The molecule has 6 heteroatoms. The van der Waals surface area contributed by atoms with E-state index in [0.29, 0.717) is 26.3 Å². The van der Waals surface area contributed by atoms with Crippen LogP contribution in [0.25, 0.3) is 0 Å². The molecule has 132 valence electrons. The van der Waals surface area contributed by atoms with E-state index in [4.69, 9.17) is 9.47 Å². The number of aryl methyl sites for hydroxylation is 1. The van der Waals surface area contributed by atoms with Gasteiger partial charge in [-0.3, -0.25) is 4.79 Å². The van der Waals surface area contributed by atoms with Crippen LogP contribution in [-0.2, 0) is 4.74 Å². The third kappa shape index (κ3) is 4.33. The van der Waals surface area contributed by atoms with Gasteiger partial charge in [0, 0.05) is 12.1 Å². The van der Waals surface area contributed by atoms with Crippen molar-refractivity contribution in [1.29, 1.82) is 0 Å². The lowest BCUT2D eigenvalue weighted by Gasteiger charge is -2.33. The first-order chi connectivity index (χ1) is 12.0. The molecule has 0 spiro atoms. The Morgan fingerprint density at radius 2 is 1.96 bits per heavy atom. The van der Waals surface area contributed by atoms with Gasteiger partial charge in [0.05, 0.1) is 13.2 Å². The molecule has 1 fully saturated rings. The fraction of sp³-hybridized carbons (Fsp3) is 0.316. The summed E-state index contributed by atoms with van der Waals surface area (Å²) in [6.45, 7) is 3.42. The van der Waals surface area contributed by atoms with Crippen molar-refractivity contribution in [3.8, 4) is 5.75 Å². The summed E-state index contributed by atoms with van der Waals surface area (Å²) < 4.78 is 37.7. The van der Waals surface area contributed by atoms with Crippen LogP contribution in [0.1, 0.15) is 15.9 Å². The molecule has 1 unspecified atom stereocenters. The maximum Gasteiger partial charge on any atom is 0.254 e. The van der Waals surface area contributed by atoms with Crippen molar-refractivity contribution in [2.45, 2.75) is 13.0 Å². The fourth-order valence-corrected chi connectivity index (χ4v) is 2.64. The molecule has 1 atom stereocenters. The number of nitrogens with zero attached hydrogens (tertiary/aromatic N) is 1. The van der Waals surface area contributed by atoms with E-state index in [0.717, 1.165) is 23.4 Å². The third-order valence-corrected chi connectivity index (χ3v) is 4.05. The summed E-state index contributed by atoms with van der Waals surface area (Å²) in [5, 5.41) is 0. The molecular weight excluding hydrogens is 328 g/mol. The Bertz CT molecular complexity index is 749. The van der Waals surface area contributed by atoms with E-state index >= 15 is 0 Å². The quantitative estimate of drug-likeness (QED) is 0.853. The number of rotatable bonds is 4. The minimum absolute atomic E-state index is 0.124. The fourth-order valence-electron chi connectivity index (χ4n) is 2.64. The molecule has 0 radical (unpaired) electrons. The molecular formula is C19H19F2NO3. The van der Waals surface area contributed by atoms with Crippen molar-refractivity contribution in [3.05, 3.63) is 65.2 Å². The number of benzene rings is 2. The Labute approximate surface area is 145 Å². The number of halogens is 2. The monoisotopic (exact) mass is 347 g/mol. The lowest BCUT2D eigenvalue weighted by atomic mass is 10.1. The zero-order chi connectivity index (χ0) is 17.8. The Kier molecular flexibility index (Phi) is 5.28. The predicted molar refractivity (Wildman–Crippen MR) is 88.7 cm³/mol. The molecule has 1 aliphatic heterocycles. The molecule has 25 heavy (non-hydrogen) atoms. The normalized spacial score (nSPS) is 17.4. The van der Waals surface area contributed by atoms with Gasteiger partial charge in [0.15, 0.2) is 11.6 Å². The number of carbonyl (C=O) groups is 1. The van der Waals surface area contributed by atoms with Gasteiger partial charge in [-0.2, -0.15) is 0 Å². The maximum absolute atomic E-state index is 13.3. The van der Waals surface area contributed by atoms with Crippen LogP contribution in [0.15, 0.2) is 42.5 Å². The lowest BCUT2D eigenvalue weighted by Crippen LogP contribution is -2.47. The summed E-state index contributed by atoms with van der Waals surface area (Å²) in [5.41, 5.74) is 1.27. The van der Waals surface area contributed by atoms with Crippen molar-refractivity contribution in [1.82, 2.24) is 4.90 Å². The molecule has 0 bridgehead atoms. The van der Waals surface area contributed by atoms with Crippen LogP contribution in [0, 0.1) is 18.6 Å². The van der Waals surface area contributed by atoms with Gasteiger partial charge in [-0.05, 0) is 37.3 Å². The standard InChI is InChI=1S/C19H19F2NO3/c1-13-2-5-15(6-3-13)25-12-16-11-22(8-9-24-16)19(23)14-4-7-17(20)18(21)10-14/h2-7,10,16H,8-9,11-12H2,1H3. The van der Waals surface area contributed by atoms with Gasteiger partial charge in [-0.15, -0.1) is 0 Å². The molecule has 0 N–H and O–H groups in total. The van der Waals surface area contributed by atoms with Gasteiger partial charge < -0.3 is 14.4 Å². The van der Waals surface area contributed by atoms with E-state index in [1.54, 1.807) is 4.90 Å². The number of ether oxygens (including phenoxy) is 2. The molecule has 2 aromatic carbocycles. The largest absolute Gasteiger partial charge is 0.491 e. The number of amides is 1. The van der Waals surface area contributed by atoms with Gasteiger partial charge in [0.1, 0.15) is 18.5 Å². The smallest absolute Gasteiger partial charge is 0.254 e. The molecule has 1 aliphatic rings. The highest BCUT2D eigenvalue weighted by atomic mass is 19.2. The van der Waals surface area contributed by atoms with Crippen molar-refractivity contribution in [2.24, 2.45) is 0 Å². The first-order valence-electron chi connectivity index (χ1n) is 8.08. The summed E-state index contributed by atoms with van der Waals surface area (Å²) in [4.78, 5) is 14.0. The molecule has 4 nitrogen and oxygen atoms in total. The first kappa shape index (κ1) is 17.4. The number of hydrogen-bond acceptors (Lipinski definition) is 3. The average Bonchev–Trinajstić information content (AvgIpc) is 2.63. The van der Waals surface area contributed by atoms with Crippen molar-refractivity contribution >= 4 is 5.91 Å². The Morgan fingerprint density at radius 3 is 2.68 bits per heavy atom. The third-order valence-electron chi connectivity index (χ3n) is 4.05. The minimum Gasteiger partial charge on any atom is -0.491 e. The summed E-state index contributed by atoms with van der Waals surface area (Å²) in [7, 11) is 0. The van der Waals surface area contributed by atoms with Crippen molar-refractivity contribution in [3.63, 3.8) is 0 Å². The Balaban J connectivity index is 1.59. The zero-order valence-corrected chi connectivity index (χ0v) is 13.9. The van der Waals surface area contributed by atoms with Gasteiger partial charge in [0.25, 0.3) is 5.91 Å². The molecule has 2 aromatic rings. The molecule has 1 amide bonds. The zero-order valence-electron chi connectivity index (χ0n) is 13.9. The second-order valence-electron chi connectivity index (χ2n) is 6.00. The summed E-state index contributed by atoms with van der Waals surface area (Å²) >= 11 is 0. The van der Waals surface area contributed by atoms with Crippen LogP contribution in [0.3, 0.4) is 0 Å². The molecule has 0 saturated carbocycles. The molecule has 0 aromatic heterocycles. The summed E-state index contributed by atoms with van der Waals surface area (Å²) in [6, 6.07) is 10.8. The Morgan fingerprint density at radius 1 is 1.20 bits per heavy atom. The van der Waals surface area contributed by atoms with E-state index in [1.807, 2.05) is 31.2 Å². The second kappa shape index (κ2) is 7.61. The molecule has 1 saturated heterocycles. The van der Waals surface area contributed by atoms with Crippen molar-refractivity contribution < 1.29 is 23.0 Å². The summed E-state index contributed by atoms with van der Waals surface area (Å²) in [5.74, 6) is -1.61. The number of carbonyl (C=O) groups excluding carboxylic acids is 1. The number of hydrogen-bond donors (Lipinski definition) is 0. The van der Waals surface area contributed by atoms with Crippen LogP contribution < -0.4 is 4.74 Å². The van der Waals surface area contributed by atoms with E-state index in [2.05, 4.69) is 0 Å². The Hall–Kier alpha value is -2.47. The van der Waals surface area contributed by atoms with E-state index < -0.39 is 11.6 Å². The van der Waals surface area contributed by atoms with Gasteiger partial charge in [-0.1, -0.05) is 17.7 Å². The average molecular weight is 347 g/mol. The lowest BCUT2D eigenvalue weighted by molar-refractivity contribution is -0.0401. The highest BCUT2D eigenvalue weighted by Gasteiger charge is 2.26. The van der Waals surface area contributed by atoms with Crippen LogP contribution in [0.2, 0.25) is 0 Å². The first-order valence-corrected chi connectivity index (χ1v) is 8.08. The second-order valence-corrected chi connectivity index (χ2v) is 6.00. The van der Waals surface area contributed by atoms with Crippen LogP contribution >= 0.6 is 0 Å². The predicted octanol–water partition coefficient (Wildman–Crippen LogP) is 3.19. The minimum atomic E-state index is -1.03. The topological polar surface area (TPSA) is 38.8 Å². The summed E-state index contributed by atoms with van der Waals surface area (Å²) in [6.07, 6.45) is -0.274. The van der Waals surface area contributed by atoms with Gasteiger partial charge in [0.2, 0.25) is 0 Å². The van der Waals surface area contributed by atoms with Gasteiger partial charge >= 0.3 is 0 Å². The van der Waals surface area contributed by atoms with E-state index in [1.165, 1.54) is 6.07 Å². The molecule has 0 aliphatic carbocycles. The van der Waals surface area contributed by atoms with Gasteiger partial charge in [-0.25, -0.2) is 8.78 Å². The molecule has 1 heterocycles. The maximum atomic E-state index is 13.3. The SMILES string of the molecule is Cc1ccc(OCC2CN(C(=O)c3ccc(F)c(F)c3)CCO2)cc1.